The summed E-state index contributed by atoms with van der Waals surface area (Å²) in [6.45, 7) is 1.58. The largest absolute Gasteiger partial charge is 0.336 e. The Labute approximate surface area is 185 Å². The fraction of sp³-hybridized carbons (Fsp3) is 0.0435. The number of fused-ring (bicyclic) bond motifs is 2. The van der Waals surface area contributed by atoms with Crippen LogP contribution in [0.1, 0.15) is 16.6 Å². The minimum atomic E-state index is 0.0600. The van der Waals surface area contributed by atoms with E-state index < -0.39 is 0 Å². The molecule has 5 aromatic heterocycles. The molecule has 0 radical (unpaired) electrons. The van der Waals surface area contributed by atoms with Gasteiger partial charge < -0.3 is 4.98 Å². The van der Waals surface area contributed by atoms with Crippen molar-refractivity contribution in [3.05, 3.63) is 66.1 Å². The van der Waals surface area contributed by atoms with E-state index in [4.69, 9.17) is 9.97 Å². The Hall–Kier alpha value is -4.24. The third-order valence-corrected chi connectivity index (χ3v) is 6.44. The summed E-state index contributed by atoms with van der Waals surface area (Å²) in [6, 6.07) is 13.6. The lowest BCUT2D eigenvalue weighted by Crippen LogP contribution is -1.88. The molecule has 1 aromatic carbocycles. The Morgan fingerprint density at radius 2 is 1.81 bits per heavy atom. The van der Waals surface area contributed by atoms with Crippen LogP contribution in [0.15, 0.2) is 61.2 Å². The molecule has 0 aliphatic carbocycles. The average molecular weight is 437 g/mol. The summed E-state index contributed by atoms with van der Waals surface area (Å²) in [5.74, 6) is 0.681. The number of carbonyl (C=O) groups is 1. The summed E-state index contributed by atoms with van der Waals surface area (Å²) in [4.78, 5) is 34.6. The first-order valence-electron chi connectivity index (χ1n) is 9.88. The number of aromatic amines is 2. The van der Waals surface area contributed by atoms with Gasteiger partial charge in [0.15, 0.2) is 17.3 Å². The SMILES string of the molecule is CC(=O)c1ccc(-c2cccc3[nH]c(-c4n[nH]c5ccc(-c6cncnc6)nc45)nc23)s1. The maximum atomic E-state index is 11.7. The molecule has 9 heteroatoms. The van der Waals surface area contributed by atoms with Crippen molar-refractivity contribution >= 4 is 39.2 Å². The second kappa shape index (κ2) is 7.17. The number of Topliss-reactive ketones (excluding diaryl/α,β-unsaturated/α-hetero) is 1. The van der Waals surface area contributed by atoms with Gasteiger partial charge in [-0.25, -0.2) is 19.9 Å². The van der Waals surface area contributed by atoms with E-state index in [1.165, 1.54) is 17.7 Å². The third kappa shape index (κ3) is 2.98. The number of imidazole rings is 1. The molecule has 6 aromatic rings. The van der Waals surface area contributed by atoms with Crippen molar-refractivity contribution in [2.45, 2.75) is 6.92 Å². The molecule has 154 valence electrons. The molecule has 0 saturated carbocycles. The lowest BCUT2D eigenvalue weighted by atomic mass is 10.1. The quantitative estimate of drug-likeness (QED) is 0.380. The summed E-state index contributed by atoms with van der Waals surface area (Å²) >= 11 is 1.47. The number of para-hydroxylation sites is 1. The molecule has 5 heterocycles. The predicted octanol–water partition coefficient (Wildman–Crippen LogP) is 4.89. The molecule has 0 bridgehead atoms. The maximum absolute atomic E-state index is 11.7. The fourth-order valence-corrected chi connectivity index (χ4v) is 4.60. The van der Waals surface area contributed by atoms with Crippen LogP contribution in [0.25, 0.3) is 55.3 Å². The Morgan fingerprint density at radius 1 is 0.938 bits per heavy atom. The summed E-state index contributed by atoms with van der Waals surface area (Å²) in [7, 11) is 0. The van der Waals surface area contributed by atoms with Crippen LogP contribution >= 0.6 is 11.3 Å². The van der Waals surface area contributed by atoms with Gasteiger partial charge in [0.05, 0.1) is 27.1 Å². The van der Waals surface area contributed by atoms with Crippen LogP contribution in [0.5, 0.6) is 0 Å². The number of aromatic nitrogens is 7. The first-order valence-corrected chi connectivity index (χ1v) is 10.7. The van der Waals surface area contributed by atoms with Crippen LogP contribution in [0.4, 0.5) is 0 Å². The van der Waals surface area contributed by atoms with Crippen LogP contribution in [0.2, 0.25) is 0 Å². The second-order valence-corrected chi connectivity index (χ2v) is 8.38. The smallest absolute Gasteiger partial charge is 0.169 e. The summed E-state index contributed by atoms with van der Waals surface area (Å²) in [6.07, 6.45) is 4.94. The van der Waals surface area contributed by atoms with Crippen molar-refractivity contribution in [2.75, 3.05) is 0 Å². The van der Waals surface area contributed by atoms with Gasteiger partial charge in [-0.3, -0.25) is 9.89 Å². The van der Waals surface area contributed by atoms with Gasteiger partial charge in [-0.15, -0.1) is 11.3 Å². The number of H-pyrrole nitrogens is 2. The molecule has 0 saturated heterocycles. The first kappa shape index (κ1) is 18.5. The maximum Gasteiger partial charge on any atom is 0.169 e. The van der Waals surface area contributed by atoms with Gasteiger partial charge in [0.1, 0.15) is 11.8 Å². The molecule has 0 aliphatic heterocycles. The average Bonchev–Trinajstić information content (AvgIpc) is 3.56. The lowest BCUT2D eigenvalue weighted by Gasteiger charge is -2.00. The van der Waals surface area contributed by atoms with Gasteiger partial charge in [0, 0.05) is 28.4 Å². The van der Waals surface area contributed by atoms with Crippen molar-refractivity contribution in [2.24, 2.45) is 0 Å². The van der Waals surface area contributed by atoms with Gasteiger partial charge >= 0.3 is 0 Å². The molecule has 32 heavy (non-hydrogen) atoms. The zero-order valence-corrected chi connectivity index (χ0v) is 17.6. The normalized spacial score (nSPS) is 11.4. The zero-order chi connectivity index (χ0) is 21.7. The number of ketones is 1. The Kier molecular flexibility index (Phi) is 4.15. The molecular formula is C23H15N7OS. The van der Waals surface area contributed by atoms with Crippen LogP contribution < -0.4 is 0 Å². The molecule has 2 N–H and O–H groups in total. The molecule has 0 spiro atoms. The van der Waals surface area contributed by atoms with Crippen LogP contribution in [0, 0.1) is 0 Å². The van der Waals surface area contributed by atoms with E-state index in [1.54, 1.807) is 19.3 Å². The van der Waals surface area contributed by atoms with E-state index >= 15 is 0 Å². The van der Waals surface area contributed by atoms with Crippen molar-refractivity contribution in [1.29, 1.82) is 0 Å². The Morgan fingerprint density at radius 3 is 2.62 bits per heavy atom. The molecule has 8 nitrogen and oxygen atoms in total. The minimum absolute atomic E-state index is 0.0600. The Balaban J connectivity index is 1.49. The van der Waals surface area contributed by atoms with E-state index in [-0.39, 0.29) is 5.78 Å². The highest BCUT2D eigenvalue weighted by Crippen LogP contribution is 2.35. The molecule has 0 unspecified atom stereocenters. The summed E-state index contributed by atoms with van der Waals surface area (Å²) in [5, 5.41) is 7.50. The van der Waals surface area contributed by atoms with E-state index in [2.05, 4.69) is 25.1 Å². The summed E-state index contributed by atoms with van der Waals surface area (Å²) in [5.41, 5.74) is 6.42. The van der Waals surface area contributed by atoms with E-state index in [0.717, 1.165) is 43.1 Å². The molecule has 0 atom stereocenters. The molecule has 0 aliphatic rings. The third-order valence-electron chi connectivity index (χ3n) is 5.22. The Bertz CT molecular complexity index is 1610. The van der Waals surface area contributed by atoms with Crippen molar-refractivity contribution in [1.82, 2.24) is 35.1 Å². The molecular weight excluding hydrogens is 422 g/mol. The zero-order valence-electron chi connectivity index (χ0n) is 16.8. The minimum Gasteiger partial charge on any atom is -0.336 e. The van der Waals surface area contributed by atoms with E-state index in [0.29, 0.717) is 17.0 Å². The number of pyridine rings is 1. The van der Waals surface area contributed by atoms with Crippen molar-refractivity contribution in [3.63, 3.8) is 0 Å². The highest BCUT2D eigenvalue weighted by molar-refractivity contribution is 7.17. The van der Waals surface area contributed by atoms with E-state index in [9.17, 15) is 4.79 Å². The standard InChI is InChI=1S/C23H15N7OS/c1-12(31)18-7-8-19(32-18)14-3-2-4-16-20(14)28-23(27-16)22-21-17(29-30-22)6-5-15(26-21)13-9-24-11-25-10-13/h2-11H,1H3,(H,27,28)(H,29,30). The number of benzene rings is 1. The number of carbonyl (C=O) groups excluding carboxylic acids is 1. The monoisotopic (exact) mass is 437 g/mol. The molecule has 0 amide bonds. The number of hydrogen-bond donors (Lipinski definition) is 2. The molecule has 6 rings (SSSR count). The van der Waals surface area contributed by atoms with Crippen LogP contribution in [-0.2, 0) is 0 Å². The van der Waals surface area contributed by atoms with Gasteiger partial charge in [-0.2, -0.15) is 5.10 Å². The van der Waals surface area contributed by atoms with Gasteiger partial charge in [-0.1, -0.05) is 12.1 Å². The van der Waals surface area contributed by atoms with Gasteiger partial charge in [0.25, 0.3) is 0 Å². The predicted molar refractivity (Wildman–Crippen MR) is 123 cm³/mol. The number of thiophene rings is 1. The molecule has 0 fully saturated rings. The topological polar surface area (TPSA) is 113 Å². The highest BCUT2D eigenvalue weighted by Gasteiger charge is 2.17. The summed E-state index contributed by atoms with van der Waals surface area (Å²) < 4.78 is 0. The number of hydrogen-bond acceptors (Lipinski definition) is 7. The fourth-order valence-electron chi connectivity index (χ4n) is 3.67. The number of rotatable bonds is 4. The van der Waals surface area contributed by atoms with Crippen molar-refractivity contribution < 1.29 is 4.79 Å². The second-order valence-electron chi connectivity index (χ2n) is 7.30. The first-order chi connectivity index (χ1) is 15.7. The van der Waals surface area contributed by atoms with Gasteiger partial charge in [-0.05, 0) is 37.3 Å². The van der Waals surface area contributed by atoms with E-state index in [1.807, 2.05) is 42.5 Å². The van der Waals surface area contributed by atoms with Gasteiger partial charge in [0.2, 0.25) is 0 Å². The number of nitrogens with one attached hydrogen (secondary N) is 2. The van der Waals surface area contributed by atoms with Crippen LogP contribution in [-0.4, -0.2) is 40.9 Å². The van der Waals surface area contributed by atoms with Crippen molar-refractivity contribution in [3.8, 4) is 33.2 Å². The number of nitrogens with zero attached hydrogens (tertiary/aromatic N) is 5. The van der Waals surface area contributed by atoms with Crippen LogP contribution in [0.3, 0.4) is 0 Å². The highest BCUT2D eigenvalue weighted by atomic mass is 32.1. The lowest BCUT2D eigenvalue weighted by molar-refractivity contribution is 0.102.